The maximum Gasteiger partial charge on any atom is 0.410 e. The summed E-state index contributed by atoms with van der Waals surface area (Å²) in [5.41, 5.74) is 3.18. The van der Waals surface area contributed by atoms with Gasteiger partial charge in [-0.3, -0.25) is 4.98 Å². The molecule has 0 saturated carbocycles. The number of aromatic nitrogens is 1. The Morgan fingerprint density at radius 1 is 1.06 bits per heavy atom. The summed E-state index contributed by atoms with van der Waals surface area (Å²) in [6.45, 7) is 6.62. The molecule has 1 aliphatic heterocycles. The lowest BCUT2D eigenvalue weighted by Gasteiger charge is -2.34. The van der Waals surface area contributed by atoms with E-state index in [4.69, 9.17) is 4.74 Å². The number of amides is 1. The van der Waals surface area contributed by atoms with Crippen LogP contribution >= 0.6 is 0 Å². The lowest BCUT2D eigenvalue weighted by molar-refractivity contribution is 0.0144. The van der Waals surface area contributed by atoms with Crippen LogP contribution in [-0.2, 0) is 4.74 Å². The van der Waals surface area contributed by atoms with E-state index in [0.717, 1.165) is 22.0 Å². The molecule has 1 aliphatic rings. The van der Waals surface area contributed by atoms with Crippen LogP contribution in [0.3, 0.4) is 0 Å². The average molecular weight is 421 g/mol. The molecule has 0 spiro atoms. The summed E-state index contributed by atoms with van der Waals surface area (Å²) in [6.07, 6.45) is 1.78. The number of hydrogen-bond acceptors (Lipinski definition) is 3. The molecule has 2 heterocycles. The van der Waals surface area contributed by atoms with Crippen LogP contribution in [0.5, 0.6) is 0 Å². The van der Waals surface area contributed by atoms with Crippen LogP contribution < -0.4 is 0 Å². The van der Waals surface area contributed by atoms with Crippen molar-refractivity contribution in [3.05, 3.63) is 66.4 Å². The Labute approximate surface area is 183 Å². The molecule has 0 aliphatic carbocycles. The number of piperidine rings is 1. The zero-order valence-corrected chi connectivity index (χ0v) is 18.3. The van der Waals surface area contributed by atoms with Gasteiger partial charge in [-0.1, -0.05) is 42.5 Å². The van der Waals surface area contributed by atoms with Crippen LogP contribution in [0.15, 0.2) is 60.8 Å². The number of carbonyl (C=O) groups is 1. The van der Waals surface area contributed by atoms with Crippen molar-refractivity contribution >= 4 is 17.0 Å². The Balaban J connectivity index is 1.39. The molecule has 0 bridgehead atoms. The molecule has 162 valence electrons. The van der Waals surface area contributed by atoms with Crippen molar-refractivity contribution in [3.63, 3.8) is 0 Å². The molecule has 1 saturated heterocycles. The summed E-state index contributed by atoms with van der Waals surface area (Å²) >= 11 is 0. The van der Waals surface area contributed by atoms with Crippen LogP contribution in [0.25, 0.3) is 22.0 Å². The minimum atomic E-state index is -1.04. The third-order valence-electron chi connectivity index (χ3n) is 5.76. The molecule has 2 aromatic carbocycles. The average Bonchev–Trinajstić information content (AvgIpc) is 2.77. The number of pyridine rings is 1. The maximum absolute atomic E-state index is 15.2. The summed E-state index contributed by atoms with van der Waals surface area (Å²) in [4.78, 5) is 18.4. The highest BCUT2D eigenvalue weighted by Crippen LogP contribution is 2.35. The SMILES string of the molecule is CC(C)(C)OC(=O)N1CCC(C(F)c2ccc(-c3cnc4ccccc4c3)cc2)CC1. The molecule has 0 radical (unpaired) electrons. The van der Waals surface area contributed by atoms with Gasteiger partial charge in [-0.2, -0.15) is 0 Å². The number of halogens is 1. The predicted octanol–water partition coefficient (Wildman–Crippen LogP) is 6.56. The summed E-state index contributed by atoms with van der Waals surface area (Å²) in [6, 6.07) is 17.8. The van der Waals surface area contributed by atoms with E-state index in [1.807, 2.05) is 75.5 Å². The zero-order chi connectivity index (χ0) is 22.0. The smallest absolute Gasteiger partial charge is 0.410 e. The van der Waals surface area contributed by atoms with E-state index < -0.39 is 11.8 Å². The molecule has 0 N–H and O–H groups in total. The first-order chi connectivity index (χ1) is 14.8. The summed E-state index contributed by atoms with van der Waals surface area (Å²) in [7, 11) is 0. The molecule has 3 aromatic rings. The van der Waals surface area contributed by atoms with E-state index in [2.05, 4.69) is 11.1 Å². The summed E-state index contributed by atoms with van der Waals surface area (Å²) in [5.74, 6) is -0.0909. The monoisotopic (exact) mass is 420 g/mol. The van der Waals surface area contributed by atoms with Crippen LogP contribution in [0.1, 0.15) is 45.3 Å². The lowest BCUT2D eigenvalue weighted by Crippen LogP contribution is -2.42. The lowest BCUT2D eigenvalue weighted by atomic mass is 9.88. The van der Waals surface area contributed by atoms with Gasteiger partial charge in [-0.05, 0) is 62.8 Å². The molecular weight excluding hydrogens is 391 g/mol. The second-order valence-electron chi connectivity index (χ2n) is 9.25. The first kappa shape index (κ1) is 21.3. The molecule has 1 amide bonds. The van der Waals surface area contributed by atoms with Crippen LogP contribution in [-0.4, -0.2) is 34.7 Å². The number of fused-ring (bicyclic) bond motifs is 1. The number of nitrogens with zero attached hydrogens (tertiary/aromatic N) is 2. The van der Waals surface area contributed by atoms with E-state index in [-0.39, 0.29) is 12.0 Å². The number of benzene rings is 2. The normalized spacial score (nSPS) is 16.3. The minimum absolute atomic E-state index is 0.0909. The van der Waals surface area contributed by atoms with E-state index in [1.165, 1.54) is 0 Å². The molecule has 31 heavy (non-hydrogen) atoms. The third-order valence-corrected chi connectivity index (χ3v) is 5.76. The Bertz CT molecular complexity index is 1050. The fourth-order valence-electron chi connectivity index (χ4n) is 4.06. The number of alkyl halides is 1. The van der Waals surface area contributed by atoms with Crippen molar-refractivity contribution in [1.82, 2.24) is 9.88 Å². The van der Waals surface area contributed by atoms with Crippen molar-refractivity contribution in [2.24, 2.45) is 5.92 Å². The van der Waals surface area contributed by atoms with Crippen molar-refractivity contribution in [3.8, 4) is 11.1 Å². The molecule has 1 unspecified atom stereocenters. The quantitative estimate of drug-likeness (QED) is 0.482. The fraction of sp³-hybridized carbons (Fsp3) is 0.385. The summed E-state index contributed by atoms with van der Waals surface area (Å²) < 4.78 is 20.6. The van der Waals surface area contributed by atoms with Crippen molar-refractivity contribution in [2.45, 2.75) is 45.4 Å². The van der Waals surface area contributed by atoms with Gasteiger partial charge in [0, 0.05) is 30.2 Å². The second kappa shape index (κ2) is 8.66. The van der Waals surface area contributed by atoms with Gasteiger partial charge >= 0.3 is 6.09 Å². The number of hydrogen-bond donors (Lipinski definition) is 0. The van der Waals surface area contributed by atoms with Gasteiger partial charge in [-0.15, -0.1) is 0 Å². The highest BCUT2D eigenvalue weighted by Gasteiger charge is 2.31. The van der Waals surface area contributed by atoms with Gasteiger partial charge < -0.3 is 9.64 Å². The highest BCUT2D eigenvalue weighted by atomic mass is 19.1. The van der Waals surface area contributed by atoms with Gasteiger partial charge in [0.05, 0.1) is 5.52 Å². The fourth-order valence-corrected chi connectivity index (χ4v) is 4.06. The van der Waals surface area contributed by atoms with Gasteiger partial charge in [0.1, 0.15) is 11.8 Å². The van der Waals surface area contributed by atoms with Gasteiger partial charge in [0.25, 0.3) is 0 Å². The summed E-state index contributed by atoms with van der Waals surface area (Å²) in [5, 5.41) is 1.09. The molecule has 4 nitrogen and oxygen atoms in total. The van der Waals surface area contributed by atoms with Crippen LogP contribution in [0.2, 0.25) is 0 Å². The van der Waals surface area contributed by atoms with E-state index in [9.17, 15) is 4.79 Å². The maximum atomic E-state index is 15.2. The number of ether oxygens (including phenoxy) is 1. The Morgan fingerprint density at radius 2 is 1.74 bits per heavy atom. The first-order valence-electron chi connectivity index (χ1n) is 10.9. The topological polar surface area (TPSA) is 42.4 Å². The number of para-hydroxylation sites is 1. The van der Waals surface area contributed by atoms with Gasteiger partial charge in [0.2, 0.25) is 0 Å². The second-order valence-corrected chi connectivity index (χ2v) is 9.25. The zero-order valence-electron chi connectivity index (χ0n) is 18.3. The van der Waals surface area contributed by atoms with Crippen LogP contribution in [0.4, 0.5) is 9.18 Å². The van der Waals surface area contributed by atoms with Gasteiger partial charge in [0.15, 0.2) is 0 Å². The largest absolute Gasteiger partial charge is 0.444 e. The highest BCUT2D eigenvalue weighted by molar-refractivity contribution is 5.83. The number of likely N-dealkylation sites (tertiary alicyclic amines) is 1. The molecule has 1 aromatic heterocycles. The van der Waals surface area contributed by atoms with Gasteiger partial charge in [-0.25, -0.2) is 9.18 Å². The number of carbonyl (C=O) groups excluding carboxylic acids is 1. The predicted molar refractivity (Wildman–Crippen MR) is 122 cm³/mol. The van der Waals surface area contributed by atoms with E-state index in [1.54, 1.807) is 4.90 Å². The Hall–Kier alpha value is -2.95. The molecule has 5 heteroatoms. The first-order valence-corrected chi connectivity index (χ1v) is 10.9. The van der Waals surface area contributed by atoms with Crippen molar-refractivity contribution < 1.29 is 13.9 Å². The molecule has 4 rings (SSSR count). The molecule has 1 atom stereocenters. The van der Waals surface area contributed by atoms with Crippen molar-refractivity contribution in [2.75, 3.05) is 13.1 Å². The van der Waals surface area contributed by atoms with Crippen molar-refractivity contribution in [1.29, 1.82) is 0 Å². The van der Waals surface area contributed by atoms with E-state index >= 15 is 4.39 Å². The Morgan fingerprint density at radius 3 is 2.42 bits per heavy atom. The standard InChI is InChI=1S/C26H29FN2O2/c1-26(2,3)31-25(30)29-14-12-20(13-15-29)24(27)19-10-8-18(9-11-19)22-16-21-6-4-5-7-23(21)28-17-22/h4-11,16-17,20,24H,12-15H2,1-3H3. The molecule has 1 fully saturated rings. The number of rotatable bonds is 3. The molecular formula is C26H29FN2O2. The minimum Gasteiger partial charge on any atom is -0.444 e. The van der Waals surface area contributed by atoms with Crippen LogP contribution in [0, 0.1) is 5.92 Å². The van der Waals surface area contributed by atoms with E-state index in [0.29, 0.717) is 31.5 Å². The third kappa shape index (κ3) is 5.04. The Kier molecular flexibility index (Phi) is 5.94.